The molecule has 0 amide bonds. The van der Waals surface area contributed by atoms with Crippen molar-refractivity contribution >= 4 is 0 Å². The Kier molecular flexibility index (Phi) is 3.29. The smallest absolute Gasteiger partial charge is 0.109 e. The first-order valence-electron chi connectivity index (χ1n) is 4.94. The molecule has 0 unspecified atom stereocenters. The molecule has 0 aliphatic rings. The van der Waals surface area contributed by atoms with Crippen molar-refractivity contribution in [1.29, 1.82) is 5.26 Å². The Balaban J connectivity index is 2.99. The van der Waals surface area contributed by atoms with Gasteiger partial charge in [-0.1, -0.05) is 13.8 Å². The van der Waals surface area contributed by atoms with Gasteiger partial charge >= 0.3 is 0 Å². The van der Waals surface area contributed by atoms with Crippen molar-refractivity contribution < 1.29 is 0 Å². The zero-order valence-corrected chi connectivity index (χ0v) is 9.33. The van der Waals surface area contributed by atoms with Gasteiger partial charge in [0.15, 0.2) is 0 Å². The highest BCUT2D eigenvalue weighted by atomic mass is 15.1. The molecule has 0 aliphatic heterocycles. The fourth-order valence-electron chi connectivity index (χ4n) is 1.60. The lowest BCUT2D eigenvalue weighted by Crippen LogP contribution is -2.05. The van der Waals surface area contributed by atoms with E-state index in [4.69, 9.17) is 5.26 Å². The summed E-state index contributed by atoms with van der Waals surface area (Å²) < 4.78 is 2.05. The first kappa shape index (κ1) is 10.8. The van der Waals surface area contributed by atoms with Gasteiger partial charge < -0.3 is 4.57 Å². The summed E-state index contributed by atoms with van der Waals surface area (Å²) in [5, 5.41) is 8.67. The van der Waals surface area contributed by atoms with Crippen molar-refractivity contribution in [2.45, 2.75) is 33.6 Å². The third kappa shape index (κ3) is 2.14. The lowest BCUT2D eigenvalue weighted by atomic mass is 10.1. The Morgan fingerprint density at radius 1 is 1.50 bits per heavy atom. The van der Waals surface area contributed by atoms with Crippen molar-refractivity contribution in [3.05, 3.63) is 17.2 Å². The number of aryl methyl sites for hydroxylation is 1. The molecular formula is C11H17N3. The van der Waals surface area contributed by atoms with Crippen molar-refractivity contribution in [3.63, 3.8) is 0 Å². The molecule has 1 aromatic rings. The molecule has 3 heteroatoms. The molecule has 0 aromatic carbocycles. The van der Waals surface area contributed by atoms with E-state index in [1.807, 2.05) is 14.0 Å². The summed E-state index contributed by atoms with van der Waals surface area (Å²) in [7, 11) is 1.99. The van der Waals surface area contributed by atoms with Crippen LogP contribution in [0.5, 0.6) is 0 Å². The van der Waals surface area contributed by atoms with Crippen LogP contribution in [0.25, 0.3) is 0 Å². The van der Waals surface area contributed by atoms with Crippen LogP contribution < -0.4 is 0 Å². The van der Waals surface area contributed by atoms with E-state index in [9.17, 15) is 0 Å². The maximum atomic E-state index is 8.67. The van der Waals surface area contributed by atoms with Crippen LogP contribution in [-0.4, -0.2) is 9.55 Å². The van der Waals surface area contributed by atoms with Crippen LogP contribution in [0.1, 0.15) is 31.1 Å². The highest BCUT2D eigenvalue weighted by Crippen LogP contribution is 2.13. The molecule has 0 spiro atoms. The second-order valence-corrected chi connectivity index (χ2v) is 4.05. The van der Waals surface area contributed by atoms with E-state index in [-0.39, 0.29) is 0 Å². The van der Waals surface area contributed by atoms with E-state index >= 15 is 0 Å². The van der Waals surface area contributed by atoms with E-state index in [2.05, 4.69) is 29.5 Å². The van der Waals surface area contributed by atoms with Gasteiger partial charge in [0.05, 0.1) is 23.9 Å². The summed E-state index contributed by atoms with van der Waals surface area (Å²) >= 11 is 0. The largest absolute Gasteiger partial charge is 0.334 e. The van der Waals surface area contributed by atoms with E-state index in [1.165, 1.54) is 0 Å². The number of imidazole rings is 1. The third-order valence-electron chi connectivity index (χ3n) is 2.34. The molecule has 0 atom stereocenters. The standard InChI is InChI=1S/C11H17N3/c1-8(2)7-11-13-9(3)10(5-6-12)14(11)4/h8H,5,7H2,1-4H3. The highest BCUT2D eigenvalue weighted by molar-refractivity contribution is 5.19. The van der Waals surface area contributed by atoms with E-state index in [1.54, 1.807) is 0 Å². The molecule has 3 nitrogen and oxygen atoms in total. The van der Waals surface area contributed by atoms with Crippen LogP contribution in [0.3, 0.4) is 0 Å². The van der Waals surface area contributed by atoms with Crippen LogP contribution >= 0.6 is 0 Å². The first-order valence-corrected chi connectivity index (χ1v) is 4.94. The minimum Gasteiger partial charge on any atom is -0.334 e. The summed E-state index contributed by atoms with van der Waals surface area (Å²) in [6.45, 7) is 6.32. The zero-order chi connectivity index (χ0) is 10.7. The van der Waals surface area contributed by atoms with E-state index in [0.29, 0.717) is 12.3 Å². The van der Waals surface area contributed by atoms with Gasteiger partial charge in [0.25, 0.3) is 0 Å². The minimum atomic E-state index is 0.452. The molecule has 0 saturated heterocycles. The Morgan fingerprint density at radius 2 is 2.14 bits per heavy atom. The van der Waals surface area contributed by atoms with Crippen molar-refractivity contribution in [3.8, 4) is 6.07 Å². The number of rotatable bonds is 3. The lowest BCUT2D eigenvalue weighted by molar-refractivity contribution is 0.598. The number of hydrogen-bond donors (Lipinski definition) is 0. The van der Waals surface area contributed by atoms with E-state index in [0.717, 1.165) is 23.6 Å². The predicted octanol–water partition coefficient (Wildman–Crippen LogP) is 1.99. The van der Waals surface area contributed by atoms with Crippen molar-refractivity contribution in [2.75, 3.05) is 0 Å². The molecule has 0 aliphatic carbocycles. The maximum Gasteiger partial charge on any atom is 0.109 e. The average molecular weight is 191 g/mol. The van der Waals surface area contributed by atoms with Crippen molar-refractivity contribution in [2.24, 2.45) is 13.0 Å². The molecule has 0 saturated carbocycles. The summed E-state index contributed by atoms with van der Waals surface area (Å²) in [4.78, 5) is 4.48. The molecule has 0 radical (unpaired) electrons. The normalized spacial score (nSPS) is 10.6. The number of aromatic nitrogens is 2. The van der Waals surface area contributed by atoms with Crippen LogP contribution in [0.4, 0.5) is 0 Å². The van der Waals surface area contributed by atoms with Gasteiger partial charge in [-0.2, -0.15) is 5.26 Å². The predicted molar refractivity (Wildman–Crippen MR) is 55.8 cm³/mol. The van der Waals surface area contributed by atoms with Gasteiger partial charge in [-0.05, 0) is 12.8 Å². The van der Waals surface area contributed by atoms with Gasteiger partial charge in [0, 0.05) is 13.5 Å². The molecule has 1 heterocycles. The van der Waals surface area contributed by atoms with Crippen molar-refractivity contribution in [1.82, 2.24) is 9.55 Å². The summed E-state index contributed by atoms with van der Waals surface area (Å²) in [6, 6.07) is 2.17. The topological polar surface area (TPSA) is 41.6 Å². The molecule has 0 fully saturated rings. The Hall–Kier alpha value is -1.30. The summed E-state index contributed by atoms with van der Waals surface area (Å²) in [5.74, 6) is 1.69. The van der Waals surface area contributed by atoms with E-state index < -0.39 is 0 Å². The molecule has 0 bridgehead atoms. The molecular weight excluding hydrogens is 174 g/mol. The highest BCUT2D eigenvalue weighted by Gasteiger charge is 2.11. The maximum absolute atomic E-state index is 8.67. The quantitative estimate of drug-likeness (QED) is 0.733. The molecule has 1 rings (SSSR count). The van der Waals surface area contributed by atoms with Gasteiger partial charge in [-0.3, -0.25) is 0 Å². The Bertz CT molecular complexity index is 355. The molecule has 14 heavy (non-hydrogen) atoms. The molecule has 1 aromatic heterocycles. The van der Waals surface area contributed by atoms with Gasteiger partial charge in [-0.15, -0.1) is 0 Å². The summed E-state index contributed by atoms with van der Waals surface area (Å²) in [6.07, 6.45) is 1.43. The first-order chi connectivity index (χ1) is 6.56. The van der Waals surface area contributed by atoms with Crippen LogP contribution in [0, 0.1) is 24.2 Å². The third-order valence-corrected chi connectivity index (χ3v) is 2.34. The Labute approximate surface area is 85.4 Å². The number of nitriles is 1. The second kappa shape index (κ2) is 4.28. The number of nitrogens with zero attached hydrogens (tertiary/aromatic N) is 3. The minimum absolute atomic E-state index is 0.452. The molecule has 76 valence electrons. The lowest BCUT2D eigenvalue weighted by Gasteiger charge is -2.05. The van der Waals surface area contributed by atoms with Gasteiger partial charge in [0.2, 0.25) is 0 Å². The Morgan fingerprint density at radius 3 is 2.64 bits per heavy atom. The molecule has 0 N–H and O–H groups in total. The van der Waals surface area contributed by atoms with Crippen LogP contribution in [-0.2, 0) is 19.9 Å². The summed E-state index contributed by atoms with van der Waals surface area (Å²) in [5.41, 5.74) is 2.04. The van der Waals surface area contributed by atoms with Crippen LogP contribution in [0.2, 0.25) is 0 Å². The average Bonchev–Trinajstić information content (AvgIpc) is 2.32. The van der Waals surface area contributed by atoms with Gasteiger partial charge in [0.1, 0.15) is 5.82 Å². The van der Waals surface area contributed by atoms with Crippen LogP contribution in [0.15, 0.2) is 0 Å². The second-order valence-electron chi connectivity index (χ2n) is 4.05. The monoisotopic (exact) mass is 191 g/mol. The number of hydrogen-bond acceptors (Lipinski definition) is 2. The SMILES string of the molecule is Cc1nc(CC(C)C)n(C)c1CC#N. The zero-order valence-electron chi connectivity index (χ0n) is 9.33. The fraction of sp³-hybridized carbons (Fsp3) is 0.636. The fourth-order valence-corrected chi connectivity index (χ4v) is 1.60. The van der Waals surface area contributed by atoms with Gasteiger partial charge in [-0.25, -0.2) is 4.98 Å².